The third-order valence-corrected chi connectivity index (χ3v) is 2.07. The van der Waals surface area contributed by atoms with E-state index in [-0.39, 0.29) is 12.5 Å². The van der Waals surface area contributed by atoms with Crippen LogP contribution in [0.5, 0.6) is 0 Å². The third kappa shape index (κ3) is 1.14. The number of hydrogen-bond acceptors (Lipinski definition) is 2. The number of carbonyl (C=O) groups excluding carboxylic acids is 1. The van der Waals surface area contributed by atoms with Gasteiger partial charge in [-0.1, -0.05) is 0 Å². The van der Waals surface area contributed by atoms with E-state index in [0.29, 0.717) is 12.0 Å². The molecule has 3 heteroatoms. The fourth-order valence-corrected chi connectivity index (χ4v) is 1.32. The molecule has 56 valence electrons. The Balaban J connectivity index is 1.89. The highest BCUT2D eigenvalue weighted by atomic mass is 16.5. The Hall–Kier alpha value is -0.570. The molecule has 1 saturated carbocycles. The second-order valence-electron chi connectivity index (χ2n) is 3.03. The van der Waals surface area contributed by atoms with E-state index in [4.69, 9.17) is 4.74 Å². The van der Waals surface area contributed by atoms with Crippen molar-refractivity contribution >= 4 is 5.91 Å². The summed E-state index contributed by atoms with van der Waals surface area (Å²) in [5.41, 5.74) is 0. The van der Waals surface area contributed by atoms with Gasteiger partial charge in [0.2, 0.25) is 5.91 Å². The zero-order chi connectivity index (χ0) is 6.97. The Labute approximate surface area is 59.7 Å². The average Bonchev–Trinajstić information content (AvgIpc) is 2.68. The molecule has 2 aliphatic rings. The minimum atomic E-state index is 0.0446. The van der Waals surface area contributed by atoms with Crippen LogP contribution in [0, 0.1) is 5.92 Å². The predicted molar refractivity (Wildman–Crippen MR) is 35.5 cm³/mol. The maximum absolute atomic E-state index is 10.8. The first kappa shape index (κ1) is 6.16. The molecular weight excluding hydrogens is 130 g/mol. The molecule has 1 atom stereocenters. The molecule has 0 aromatic heterocycles. The molecule has 1 heterocycles. The van der Waals surface area contributed by atoms with E-state index >= 15 is 0 Å². The van der Waals surface area contributed by atoms with Crippen LogP contribution < -0.4 is 5.32 Å². The van der Waals surface area contributed by atoms with Crippen LogP contribution in [0.25, 0.3) is 0 Å². The van der Waals surface area contributed by atoms with Gasteiger partial charge >= 0.3 is 0 Å². The fraction of sp³-hybridized carbons (Fsp3) is 0.857. The number of amides is 1. The second-order valence-corrected chi connectivity index (χ2v) is 3.03. The van der Waals surface area contributed by atoms with E-state index < -0.39 is 0 Å². The molecule has 3 nitrogen and oxygen atoms in total. The molecule has 10 heavy (non-hydrogen) atoms. The third-order valence-electron chi connectivity index (χ3n) is 2.07. The summed E-state index contributed by atoms with van der Waals surface area (Å²) in [5, 5.41) is 2.91. The van der Waals surface area contributed by atoms with Crippen LogP contribution in [0.4, 0.5) is 0 Å². The van der Waals surface area contributed by atoms with Crippen molar-refractivity contribution in [2.24, 2.45) is 5.92 Å². The fourth-order valence-electron chi connectivity index (χ4n) is 1.32. The number of rotatable bonds is 1. The lowest BCUT2D eigenvalue weighted by Crippen LogP contribution is -2.46. The molecule has 1 amide bonds. The van der Waals surface area contributed by atoms with Gasteiger partial charge in [-0.25, -0.2) is 0 Å². The monoisotopic (exact) mass is 141 g/mol. The van der Waals surface area contributed by atoms with Crippen LogP contribution in [0.15, 0.2) is 0 Å². The Morgan fingerprint density at radius 1 is 1.50 bits per heavy atom. The molecule has 2 rings (SSSR count). The molecule has 2 fully saturated rings. The lowest BCUT2D eigenvalue weighted by Gasteiger charge is -2.22. The highest BCUT2D eigenvalue weighted by Crippen LogP contribution is 2.33. The first-order chi connectivity index (χ1) is 4.86. The molecule has 1 saturated heterocycles. The van der Waals surface area contributed by atoms with Crippen molar-refractivity contribution in [3.05, 3.63) is 0 Å². The van der Waals surface area contributed by atoms with Crippen molar-refractivity contribution in [2.75, 3.05) is 13.2 Å². The van der Waals surface area contributed by atoms with Crippen LogP contribution in [0.3, 0.4) is 0 Å². The first-order valence-corrected chi connectivity index (χ1v) is 3.73. The molecular formula is C7H11NO2. The minimum absolute atomic E-state index is 0.0446. The highest BCUT2D eigenvalue weighted by Gasteiger charge is 2.34. The van der Waals surface area contributed by atoms with Crippen molar-refractivity contribution in [2.45, 2.75) is 18.9 Å². The van der Waals surface area contributed by atoms with Gasteiger partial charge in [-0.3, -0.25) is 4.79 Å². The summed E-state index contributed by atoms with van der Waals surface area (Å²) in [6.45, 7) is 0.972. The second kappa shape index (κ2) is 2.23. The molecule has 0 unspecified atom stereocenters. The van der Waals surface area contributed by atoms with E-state index in [0.717, 1.165) is 6.61 Å². The Bertz CT molecular complexity index is 154. The zero-order valence-corrected chi connectivity index (χ0v) is 5.80. The van der Waals surface area contributed by atoms with Gasteiger partial charge in [-0.15, -0.1) is 0 Å². The maximum atomic E-state index is 10.8. The quantitative estimate of drug-likeness (QED) is 0.554. The minimum Gasteiger partial charge on any atom is -0.370 e. The van der Waals surface area contributed by atoms with E-state index in [1.807, 2.05) is 0 Å². The molecule has 0 spiro atoms. The van der Waals surface area contributed by atoms with E-state index in [2.05, 4.69) is 5.32 Å². The maximum Gasteiger partial charge on any atom is 0.246 e. The van der Waals surface area contributed by atoms with Crippen LogP contribution >= 0.6 is 0 Å². The van der Waals surface area contributed by atoms with E-state index in [1.165, 1.54) is 12.8 Å². The molecule has 1 N–H and O–H groups in total. The summed E-state index contributed by atoms with van der Waals surface area (Å²) >= 11 is 0. The van der Waals surface area contributed by atoms with Crippen molar-refractivity contribution in [3.63, 3.8) is 0 Å². The predicted octanol–water partition coefficient (Wildman–Crippen LogP) is -0.0886. The number of carbonyl (C=O) groups is 1. The molecule has 1 aliphatic heterocycles. The SMILES string of the molecule is O=C1COC[C@@H](C2CC2)N1. The normalized spacial score (nSPS) is 33.6. The number of nitrogens with one attached hydrogen (secondary N) is 1. The van der Waals surface area contributed by atoms with Gasteiger partial charge in [-0.05, 0) is 18.8 Å². The number of morpholine rings is 1. The number of ether oxygens (including phenoxy) is 1. The summed E-state index contributed by atoms with van der Waals surface area (Å²) in [4.78, 5) is 10.8. The average molecular weight is 141 g/mol. The van der Waals surface area contributed by atoms with E-state index in [9.17, 15) is 4.79 Å². The summed E-state index contributed by atoms with van der Waals surface area (Å²) in [5.74, 6) is 0.757. The van der Waals surface area contributed by atoms with Crippen LogP contribution in [-0.2, 0) is 9.53 Å². The molecule has 0 bridgehead atoms. The van der Waals surface area contributed by atoms with Crippen molar-refractivity contribution in [1.29, 1.82) is 0 Å². The Morgan fingerprint density at radius 3 is 2.90 bits per heavy atom. The standard InChI is InChI=1S/C7H11NO2/c9-7-4-10-3-6(8-7)5-1-2-5/h5-6H,1-4H2,(H,8,9)/t6-/m0/s1. The van der Waals surface area contributed by atoms with Crippen LogP contribution in [-0.4, -0.2) is 25.2 Å². The largest absolute Gasteiger partial charge is 0.370 e. The van der Waals surface area contributed by atoms with Gasteiger partial charge in [0, 0.05) is 0 Å². The van der Waals surface area contributed by atoms with Crippen molar-refractivity contribution in [3.8, 4) is 0 Å². The van der Waals surface area contributed by atoms with Gasteiger partial charge in [0.25, 0.3) is 0 Å². The number of hydrogen-bond donors (Lipinski definition) is 1. The smallest absolute Gasteiger partial charge is 0.246 e. The summed E-state index contributed by atoms with van der Waals surface area (Å²) in [7, 11) is 0. The van der Waals surface area contributed by atoms with Crippen LogP contribution in [0.1, 0.15) is 12.8 Å². The summed E-state index contributed by atoms with van der Waals surface area (Å²) < 4.78 is 5.08. The lowest BCUT2D eigenvalue weighted by atomic mass is 10.2. The first-order valence-electron chi connectivity index (χ1n) is 3.73. The molecule has 1 aliphatic carbocycles. The van der Waals surface area contributed by atoms with Gasteiger partial charge in [0.05, 0.1) is 12.6 Å². The lowest BCUT2D eigenvalue weighted by molar-refractivity contribution is -0.131. The van der Waals surface area contributed by atoms with Gasteiger partial charge in [0.1, 0.15) is 6.61 Å². The molecule has 0 aromatic rings. The summed E-state index contributed by atoms with van der Waals surface area (Å²) in [6.07, 6.45) is 2.52. The van der Waals surface area contributed by atoms with Gasteiger partial charge in [-0.2, -0.15) is 0 Å². The van der Waals surface area contributed by atoms with E-state index in [1.54, 1.807) is 0 Å². The van der Waals surface area contributed by atoms with Crippen molar-refractivity contribution in [1.82, 2.24) is 5.32 Å². The van der Waals surface area contributed by atoms with Crippen LogP contribution in [0.2, 0.25) is 0 Å². The molecule has 0 radical (unpaired) electrons. The topological polar surface area (TPSA) is 38.3 Å². The highest BCUT2D eigenvalue weighted by molar-refractivity contribution is 5.78. The van der Waals surface area contributed by atoms with Gasteiger partial charge < -0.3 is 10.1 Å². The van der Waals surface area contributed by atoms with Crippen molar-refractivity contribution < 1.29 is 9.53 Å². The Morgan fingerprint density at radius 2 is 2.30 bits per heavy atom. The molecule has 0 aromatic carbocycles. The zero-order valence-electron chi connectivity index (χ0n) is 5.80. The van der Waals surface area contributed by atoms with Gasteiger partial charge in [0.15, 0.2) is 0 Å². The summed E-state index contributed by atoms with van der Waals surface area (Å²) in [6, 6.07) is 0.321. The Kier molecular flexibility index (Phi) is 1.38.